The Labute approximate surface area is 133 Å². The summed E-state index contributed by atoms with van der Waals surface area (Å²) in [6.07, 6.45) is 7.05. The summed E-state index contributed by atoms with van der Waals surface area (Å²) in [6.45, 7) is 3.25. The number of nitrogens with zero attached hydrogens (tertiary/aromatic N) is 4. The van der Waals surface area contributed by atoms with Crippen molar-refractivity contribution in [2.24, 2.45) is 0 Å². The topological polar surface area (TPSA) is 78.9 Å². The van der Waals surface area contributed by atoms with Gasteiger partial charge in [0.05, 0.1) is 12.1 Å². The van der Waals surface area contributed by atoms with Gasteiger partial charge in [-0.3, -0.25) is 0 Å². The minimum absolute atomic E-state index is 0.166. The minimum atomic E-state index is -0.544. The highest BCUT2D eigenvalue weighted by atomic mass is 19.1. The van der Waals surface area contributed by atoms with Crippen LogP contribution in [0.1, 0.15) is 25.3 Å². The Bertz CT molecular complexity index is 817. The van der Waals surface area contributed by atoms with E-state index >= 15 is 0 Å². The van der Waals surface area contributed by atoms with Crippen molar-refractivity contribution < 1.29 is 9.13 Å². The normalized spacial score (nSPS) is 11.2. The monoisotopic (exact) mass is 315 g/mol. The number of hydrogen-bond donors (Lipinski definition) is 1. The average Bonchev–Trinajstić information content (AvgIpc) is 2.89. The molecule has 23 heavy (non-hydrogen) atoms. The Hall–Kier alpha value is -2.54. The molecule has 0 saturated carbocycles. The van der Waals surface area contributed by atoms with Crippen molar-refractivity contribution in [3.05, 3.63) is 42.2 Å². The molecule has 2 N–H and O–H groups in total. The summed E-state index contributed by atoms with van der Waals surface area (Å²) in [5.41, 5.74) is 7.25. The van der Waals surface area contributed by atoms with Gasteiger partial charge in [0, 0.05) is 42.2 Å². The molecule has 0 fully saturated rings. The highest BCUT2D eigenvalue weighted by molar-refractivity contribution is 5.84. The number of nitrogens with two attached hydrogens (primary N) is 1. The molecule has 0 aromatic carbocycles. The van der Waals surface area contributed by atoms with Gasteiger partial charge in [-0.25, -0.2) is 9.97 Å². The van der Waals surface area contributed by atoms with Crippen LogP contribution in [0.25, 0.3) is 16.7 Å². The van der Waals surface area contributed by atoms with E-state index in [9.17, 15) is 4.39 Å². The molecule has 0 unspecified atom stereocenters. The first-order chi connectivity index (χ1) is 11.2. The zero-order valence-corrected chi connectivity index (χ0v) is 12.9. The second-order valence-electron chi connectivity index (χ2n) is 5.23. The van der Waals surface area contributed by atoms with Crippen LogP contribution in [0.4, 0.5) is 10.3 Å². The molecule has 3 rings (SSSR count). The molecule has 120 valence electrons. The van der Waals surface area contributed by atoms with E-state index in [1.807, 2.05) is 6.20 Å². The van der Waals surface area contributed by atoms with Crippen molar-refractivity contribution in [3.8, 4) is 5.82 Å². The van der Waals surface area contributed by atoms with Gasteiger partial charge in [0.1, 0.15) is 5.82 Å². The van der Waals surface area contributed by atoms with Gasteiger partial charge in [0.25, 0.3) is 0 Å². The van der Waals surface area contributed by atoms with Crippen LogP contribution in [-0.4, -0.2) is 26.1 Å². The Morgan fingerprint density at radius 1 is 1.35 bits per heavy atom. The van der Waals surface area contributed by atoms with E-state index < -0.39 is 5.95 Å². The zero-order valence-electron chi connectivity index (χ0n) is 12.9. The molecule has 0 aliphatic heterocycles. The maximum atomic E-state index is 13.6. The van der Waals surface area contributed by atoms with Crippen molar-refractivity contribution in [1.82, 2.24) is 19.5 Å². The van der Waals surface area contributed by atoms with Crippen molar-refractivity contribution in [1.29, 1.82) is 0 Å². The van der Waals surface area contributed by atoms with E-state index in [2.05, 4.69) is 21.9 Å². The average molecular weight is 315 g/mol. The number of nitrogen functional groups attached to an aromatic ring is 1. The number of unbranched alkanes of at least 4 members (excludes halogenated alkanes) is 1. The van der Waals surface area contributed by atoms with E-state index in [-0.39, 0.29) is 5.95 Å². The lowest BCUT2D eigenvalue weighted by molar-refractivity contribution is 0.119. The lowest BCUT2D eigenvalue weighted by Gasteiger charge is -2.04. The fraction of sp³-hybridized carbons (Fsp3) is 0.312. The number of rotatable bonds is 6. The Morgan fingerprint density at radius 2 is 2.22 bits per heavy atom. The van der Waals surface area contributed by atoms with Gasteiger partial charge in [-0.05, 0) is 12.5 Å². The number of pyridine rings is 1. The SMILES string of the molecule is CCCCOCc1cn(-c2ccnc(N)n2)c2cc(F)ncc12. The van der Waals surface area contributed by atoms with Crippen LogP contribution in [0.15, 0.2) is 30.7 Å². The molecule has 0 aliphatic rings. The third kappa shape index (κ3) is 3.29. The Kier molecular flexibility index (Phi) is 4.47. The first-order valence-electron chi connectivity index (χ1n) is 7.51. The number of fused-ring (bicyclic) bond motifs is 1. The molecule has 3 heterocycles. The smallest absolute Gasteiger partial charge is 0.221 e. The van der Waals surface area contributed by atoms with Gasteiger partial charge in [0.15, 0.2) is 0 Å². The molecule has 0 aliphatic carbocycles. The van der Waals surface area contributed by atoms with E-state index in [0.29, 0.717) is 24.5 Å². The lowest BCUT2D eigenvalue weighted by atomic mass is 10.2. The highest BCUT2D eigenvalue weighted by Crippen LogP contribution is 2.25. The molecule has 0 amide bonds. The standard InChI is InChI=1S/C16H18FN5O/c1-2-3-6-23-10-11-9-22(15-4-5-19-16(18)21-15)13-7-14(17)20-8-12(11)13/h4-5,7-9H,2-3,6,10H2,1H3,(H2,18,19,21). The number of ether oxygens (including phenoxy) is 1. The van der Waals surface area contributed by atoms with Crippen LogP contribution >= 0.6 is 0 Å². The van der Waals surface area contributed by atoms with Crippen LogP contribution in [0.5, 0.6) is 0 Å². The zero-order chi connectivity index (χ0) is 16.2. The van der Waals surface area contributed by atoms with E-state index in [1.54, 1.807) is 16.8 Å². The Morgan fingerprint density at radius 3 is 3.00 bits per heavy atom. The van der Waals surface area contributed by atoms with Crippen molar-refractivity contribution in [2.45, 2.75) is 26.4 Å². The molecule has 6 nitrogen and oxygen atoms in total. The minimum Gasteiger partial charge on any atom is -0.377 e. The van der Waals surface area contributed by atoms with Crippen molar-refractivity contribution >= 4 is 16.9 Å². The van der Waals surface area contributed by atoms with E-state index in [0.717, 1.165) is 23.8 Å². The predicted molar refractivity (Wildman–Crippen MR) is 85.6 cm³/mol. The summed E-state index contributed by atoms with van der Waals surface area (Å²) in [5, 5.41) is 0.833. The summed E-state index contributed by atoms with van der Waals surface area (Å²) < 4.78 is 21.0. The van der Waals surface area contributed by atoms with Crippen LogP contribution < -0.4 is 5.73 Å². The van der Waals surface area contributed by atoms with Crippen LogP contribution in [-0.2, 0) is 11.3 Å². The number of anilines is 1. The van der Waals surface area contributed by atoms with Gasteiger partial charge < -0.3 is 15.0 Å². The van der Waals surface area contributed by atoms with Gasteiger partial charge >= 0.3 is 0 Å². The summed E-state index contributed by atoms with van der Waals surface area (Å²) in [6, 6.07) is 3.10. The third-order valence-electron chi connectivity index (χ3n) is 3.55. The van der Waals surface area contributed by atoms with Gasteiger partial charge in [-0.1, -0.05) is 13.3 Å². The lowest BCUT2D eigenvalue weighted by Crippen LogP contribution is -2.01. The van der Waals surface area contributed by atoms with Gasteiger partial charge in [-0.15, -0.1) is 0 Å². The first kappa shape index (κ1) is 15.4. The molecule has 0 atom stereocenters. The molecule has 0 bridgehead atoms. The molecule has 0 spiro atoms. The number of halogens is 1. The third-order valence-corrected chi connectivity index (χ3v) is 3.55. The second kappa shape index (κ2) is 6.70. The van der Waals surface area contributed by atoms with E-state index in [1.165, 1.54) is 12.3 Å². The van der Waals surface area contributed by atoms with Crippen LogP contribution in [0, 0.1) is 5.95 Å². The highest BCUT2D eigenvalue weighted by Gasteiger charge is 2.13. The van der Waals surface area contributed by atoms with Crippen molar-refractivity contribution in [3.63, 3.8) is 0 Å². The molecule has 3 aromatic rings. The predicted octanol–water partition coefficient (Wildman–Crippen LogP) is 2.85. The van der Waals surface area contributed by atoms with Gasteiger partial charge in [0.2, 0.25) is 11.9 Å². The van der Waals surface area contributed by atoms with Crippen LogP contribution in [0.3, 0.4) is 0 Å². The molecule has 0 saturated heterocycles. The quantitative estimate of drug-likeness (QED) is 0.559. The summed E-state index contributed by atoms with van der Waals surface area (Å²) >= 11 is 0. The molecular formula is C16H18FN5O. The fourth-order valence-corrected chi connectivity index (χ4v) is 2.39. The number of aromatic nitrogens is 4. The van der Waals surface area contributed by atoms with Gasteiger partial charge in [-0.2, -0.15) is 9.37 Å². The maximum absolute atomic E-state index is 13.6. The van der Waals surface area contributed by atoms with Crippen molar-refractivity contribution in [2.75, 3.05) is 12.3 Å². The largest absolute Gasteiger partial charge is 0.377 e. The fourth-order valence-electron chi connectivity index (χ4n) is 2.39. The summed E-state index contributed by atoms with van der Waals surface area (Å²) in [5.74, 6) is 0.199. The summed E-state index contributed by atoms with van der Waals surface area (Å²) in [4.78, 5) is 11.8. The molecule has 7 heteroatoms. The van der Waals surface area contributed by atoms with E-state index in [4.69, 9.17) is 10.5 Å². The molecule has 0 radical (unpaired) electrons. The molecular weight excluding hydrogens is 297 g/mol. The number of hydrogen-bond acceptors (Lipinski definition) is 5. The Balaban J connectivity index is 2.02. The summed E-state index contributed by atoms with van der Waals surface area (Å²) in [7, 11) is 0. The second-order valence-corrected chi connectivity index (χ2v) is 5.23. The first-order valence-corrected chi connectivity index (χ1v) is 7.51. The maximum Gasteiger partial charge on any atom is 0.221 e. The molecule has 3 aromatic heterocycles. The van der Waals surface area contributed by atoms with Crippen LogP contribution in [0.2, 0.25) is 0 Å².